The summed E-state index contributed by atoms with van der Waals surface area (Å²) >= 11 is 1.88. The number of hydrogen-bond acceptors (Lipinski definition) is 3. The van der Waals surface area contributed by atoms with E-state index < -0.39 is 0 Å². The van der Waals surface area contributed by atoms with Crippen molar-refractivity contribution in [3.8, 4) is 0 Å². The van der Waals surface area contributed by atoms with Crippen LogP contribution in [0.1, 0.15) is 30.9 Å². The Bertz CT molecular complexity index is 354. The number of nitrogens with one attached hydrogen (secondary N) is 1. The average molecular weight is 267 g/mol. The number of benzene rings is 1. The van der Waals surface area contributed by atoms with Crippen molar-refractivity contribution in [2.75, 3.05) is 18.9 Å². The Balaban J connectivity index is 2.35. The van der Waals surface area contributed by atoms with Gasteiger partial charge in [0.15, 0.2) is 0 Å². The summed E-state index contributed by atoms with van der Waals surface area (Å²) in [4.78, 5) is 1.35. The minimum Gasteiger partial charge on any atom is -0.395 e. The summed E-state index contributed by atoms with van der Waals surface area (Å²) in [6, 6.07) is 6.82. The number of hydrogen-bond donors (Lipinski definition) is 2. The maximum absolute atomic E-state index is 9.27. The van der Waals surface area contributed by atoms with E-state index >= 15 is 0 Å². The molecule has 1 aromatic carbocycles. The molecule has 0 aliphatic carbocycles. The summed E-state index contributed by atoms with van der Waals surface area (Å²) in [5.41, 5.74) is 2.66. The minimum absolute atomic E-state index is 0.230. The molecule has 0 aliphatic rings. The molecule has 0 amide bonds. The van der Waals surface area contributed by atoms with E-state index in [1.54, 1.807) is 0 Å². The Hall–Kier alpha value is -0.510. The minimum atomic E-state index is 0.230. The third-order valence-corrected chi connectivity index (χ3v) is 4.17. The molecule has 0 aromatic heterocycles. The maximum Gasteiger partial charge on any atom is 0.0584 e. The molecule has 3 heteroatoms. The Labute approximate surface area is 115 Å². The largest absolute Gasteiger partial charge is 0.395 e. The summed E-state index contributed by atoms with van der Waals surface area (Å²) < 4.78 is 0. The van der Waals surface area contributed by atoms with Crippen molar-refractivity contribution in [1.29, 1.82) is 0 Å². The Kier molecular flexibility index (Phi) is 7.40. The van der Waals surface area contributed by atoms with Gasteiger partial charge in [-0.25, -0.2) is 0 Å². The SMILES string of the molecule is CCCNC(CO)CCSc1ccc(C)cc1C. The van der Waals surface area contributed by atoms with Crippen molar-refractivity contribution in [3.63, 3.8) is 0 Å². The number of aliphatic hydroxyl groups excluding tert-OH is 1. The summed E-state index contributed by atoms with van der Waals surface area (Å²) in [6.45, 7) is 7.64. The fourth-order valence-corrected chi connectivity index (χ4v) is 2.95. The van der Waals surface area contributed by atoms with Gasteiger partial charge in [0.25, 0.3) is 0 Å². The van der Waals surface area contributed by atoms with Crippen LogP contribution < -0.4 is 5.32 Å². The highest BCUT2D eigenvalue weighted by Crippen LogP contribution is 2.24. The number of aryl methyl sites for hydroxylation is 2. The smallest absolute Gasteiger partial charge is 0.0584 e. The van der Waals surface area contributed by atoms with Crippen LogP contribution in [0.4, 0.5) is 0 Å². The van der Waals surface area contributed by atoms with Gasteiger partial charge in [0.05, 0.1) is 6.61 Å². The summed E-state index contributed by atoms with van der Waals surface area (Å²) in [7, 11) is 0. The molecule has 1 rings (SSSR count). The van der Waals surface area contributed by atoms with Gasteiger partial charge in [-0.05, 0) is 50.6 Å². The standard InChI is InChI=1S/C15H25NOS/c1-4-8-16-14(11-17)7-9-18-15-6-5-12(2)10-13(15)3/h5-6,10,14,16-17H,4,7-9,11H2,1-3H3. The van der Waals surface area contributed by atoms with E-state index in [2.05, 4.69) is 44.3 Å². The van der Waals surface area contributed by atoms with Gasteiger partial charge in [0.1, 0.15) is 0 Å². The average Bonchev–Trinajstić information content (AvgIpc) is 2.36. The van der Waals surface area contributed by atoms with Crippen molar-refractivity contribution >= 4 is 11.8 Å². The van der Waals surface area contributed by atoms with Gasteiger partial charge in [-0.1, -0.05) is 24.6 Å². The topological polar surface area (TPSA) is 32.3 Å². The van der Waals surface area contributed by atoms with Crippen LogP contribution in [0.15, 0.2) is 23.1 Å². The number of thioether (sulfide) groups is 1. The highest BCUT2D eigenvalue weighted by atomic mass is 32.2. The van der Waals surface area contributed by atoms with Crippen molar-refractivity contribution in [2.45, 2.75) is 44.6 Å². The maximum atomic E-state index is 9.27. The first-order chi connectivity index (χ1) is 8.67. The van der Waals surface area contributed by atoms with E-state index in [1.807, 2.05) is 11.8 Å². The number of aliphatic hydroxyl groups is 1. The first kappa shape index (κ1) is 15.5. The first-order valence-corrected chi connectivity index (χ1v) is 7.70. The third kappa shape index (κ3) is 5.42. The van der Waals surface area contributed by atoms with Gasteiger partial charge >= 0.3 is 0 Å². The van der Waals surface area contributed by atoms with Crippen LogP contribution in [0, 0.1) is 13.8 Å². The molecule has 0 radical (unpaired) electrons. The second kappa shape index (κ2) is 8.57. The normalized spacial score (nSPS) is 12.7. The molecule has 2 nitrogen and oxygen atoms in total. The lowest BCUT2D eigenvalue weighted by Crippen LogP contribution is -2.33. The molecule has 0 fully saturated rings. The fraction of sp³-hybridized carbons (Fsp3) is 0.600. The van der Waals surface area contributed by atoms with Crippen LogP contribution in [-0.2, 0) is 0 Å². The van der Waals surface area contributed by atoms with Gasteiger partial charge in [-0.2, -0.15) is 0 Å². The van der Waals surface area contributed by atoms with Crippen molar-refractivity contribution in [1.82, 2.24) is 5.32 Å². The fourth-order valence-electron chi connectivity index (χ4n) is 1.88. The van der Waals surface area contributed by atoms with Crippen LogP contribution in [0.3, 0.4) is 0 Å². The van der Waals surface area contributed by atoms with Crippen LogP contribution in [0.2, 0.25) is 0 Å². The molecule has 1 aromatic rings. The van der Waals surface area contributed by atoms with Crippen LogP contribution in [0.25, 0.3) is 0 Å². The molecule has 0 aliphatic heterocycles. The van der Waals surface area contributed by atoms with E-state index in [4.69, 9.17) is 0 Å². The molecule has 18 heavy (non-hydrogen) atoms. The Morgan fingerprint density at radius 1 is 1.33 bits per heavy atom. The third-order valence-electron chi connectivity index (χ3n) is 2.96. The van der Waals surface area contributed by atoms with Crippen molar-refractivity contribution in [2.24, 2.45) is 0 Å². The first-order valence-electron chi connectivity index (χ1n) is 6.71. The number of rotatable bonds is 8. The molecule has 0 saturated carbocycles. The second-order valence-corrected chi connectivity index (χ2v) is 5.88. The lowest BCUT2D eigenvalue weighted by atomic mass is 10.2. The van der Waals surface area contributed by atoms with E-state index in [0.717, 1.165) is 25.1 Å². The lowest BCUT2D eigenvalue weighted by molar-refractivity contribution is 0.240. The molecule has 0 spiro atoms. The van der Waals surface area contributed by atoms with E-state index in [1.165, 1.54) is 16.0 Å². The lowest BCUT2D eigenvalue weighted by Gasteiger charge is -2.15. The van der Waals surface area contributed by atoms with Crippen LogP contribution in [0.5, 0.6) is 0 Å². The zero-order chi connectivity index (χ0) is 13.4. The highest BCUT2D eigenvalue weighted by Gasteiger charge is 2.06. The van der Waals surface area contributed by atoms with Gasteiger partial charge in [-0.3, -0.25) is 0 Å². The molecular formula is C15H25NOS. The predicted octanol–water partition coefficient (Wildman–Crippen LogP) is 3.15. The zero-order valence-corrected chi connectivity index (χ0v) is 12.5. The summed E-state index contributed by atoms with van der Waals surface area (Å²) in [5, 5.41) is 12.6. The predicted molar refractivity (Wildman–Crippen MR) is 80.4 cm³/mol. The second-order valence-electron chi connectivity index (χ2n) is 4.74. The Morgan fingerprint density at radius 2 is 2.11 bits per heavy atom. The molecule has 1 atom stereocenters. The molecule has 2 N–H and O–H groups in total. The van der Waals surface area contributed by atoms with Crippen LogP contribution in [-0.4, -0.2) is 30.1 Å². The van der Waals surface area contributed by atoms with Gasteiger partial charge < -0.3 is 10.4 Å². The monoisotopic (exact) mass is 267 g/mol. The summed E-state index contributed by atoms with van der Waals surface area (Å²) in [6.07, 6.45) is 2.12. The van der Waals surface area contributed by atoms with Gasteiger partial charge in [-0.15, -0.1) is 11.8 Å². The molecule has 102 valence electrons. The van der Waals surface area contributed by atoms with Crippen LogP contribution >= 0.6 is 11.8 Å². The molecule has 1 unspecified atom stereocenters. The van der Waals surface area contributed by atoms with E-state index in [9.17, 15) is 5.11 Å². The van der Waals surface area contributed by atoms with Crippen molar-refractivity contribution in [3.05, 3.63) is 29.3 Å². The molecular weight excluding hydrogens is 242 g/mol. The van der Waals surface area contributed by atoms with E-state index in [0.29, 0.717) is 0 Å². The Morgan fingerprint density at radius 3 is 2.72 bits per heavy atom. The van der Waals surface area contributed by atoms with Gasteiger partial charge in [0.2, 0.25) is 0 Å². The highest BCUT2D eigenvalue weighted by molar-refractivity contribution is 7.99. The quantitative estimate of drug-likeness (QED) is 0.710. The molecule has 0 heterocycles. The summed E-state index contributed by atoms with van der Waals surface area (Å²) in [5.74, 6) is 1.05. The van der Waals surface area contributed by atoms with Crippen molar-refractivity contribution < 1.29 is 5.11 Å². The molecule has 0 saturated heterocycles. The van der Waals surface area contributed by atoms with Gasteiger partial charge in [0, 0.05) is 10.9 Å². The van der Waals surface area contributed by atoms with E-state index in [-0.39, 0.29) is 12.6 Å². The molecule has 0 bridgehead atoms. The zero-order valence-electron chi connectivity index (χ0n) is 11.7.